The fourth-order valence-electron chi connectivity index (χ4n) is 3.00. The second-order valence-corrected chi connectivity index (χ2v) is 9.84. The Morgan fingerprint density at radius 2 is 1.69 bits per heavy atom. The average Bonchev–Trinajstić information content (AvgIpc) is 2.73. The number of benzene rings is 3. The summed E-state index contributed by atoms with van der Waals surface area (Å²) in [5, 5.41) is 3.10. The van der Waals surface area contributed by atoms with E-state index in [0.29, 0.717) is 22.1 Å². The first-order valence-corrected chi connectivity index (χ1v) is 11.9. The molecule has 0 unspecified atom stereocenters. The minimum Gasteiger partial charge on any atom is -0.491 e. The van der Waals surface area contributed by atoms with Crippen LogP contribution in [0.1, 0.15) is 19.4 Å². The zero-order chi connectivity index (χ0) is 23.3. The summed E-state index contributed by atoms with van der Waals surface area (Å²) in [6.45, 7) is 5.31. The molecule has 0 atom stereocenters. The molecule has 8 heteroatoms. The number of rotatable bonds is 8. The van der Waals surface area contributed by atoms with Crippen molar-refractivity contribution in [2.45, 2.75) is 31.8 Å². The molecule has 0 bridgehead atoms. The number of nitrogens with zero attached hydrogens (tertiary/aromatic N) is 1. The Morgan fingerprint density at radius 1 is 1.03 bits per heavy atom. The third kappa shape index (κ3) is 6.02. The molecule has 0 aromatic heterocycles. The summed E-state index contributed by atoms with van der Waals surface area (Å²) in [6.07, 6.45) is 0.0358. The predicted molar refractivity (Wildman–Crippen MR) is 128 cm³/mol. The highest BCUT2D eigenvalue weighted by atomic mass is 35.5. The molecular formula is C24H25ClN2O4S. The molecule has 0 aliphatic heterocycles. The van der Waals surface area contributed by atoms with Crippen LogP contribution in [0, 0.1) is 6.92 Å². The molecule has 3 rings (SSSR count). The minimum atomic E-state index is -4.00. The van der Waals surface area contributed by atoms with Crippen molar-refractivity contribution in [1.82, 2.24) is 0 Å². The number of nitrogens with one attached hydrogen (secondary N) is 1. The SMILES string of the molecule is Cc1ccc(S(=O)(=O)N(CC(=O)Nc2ccc(OC(C)C)cc2)c2cccc(Cl)c2)cc1. The number of amides is 1. The van der Waals surface area contributed by atoms with Crippen LogP contribution in [0.2, 0.25) is 5.02 Å². The first-order chi connectivity index (χ1) is 15.1. The molecule has 0 aliphatic carbocycles. The fraction of sp³-hybridized carbons (Fsp3) is 0.208. The summed E-state index contributed by atoms with van der Waals surface area (Å²) in [7, 11) is -4.00. The number of carbonyl (C=O) groups is 1. The van der Waals surface area contributed by atoms with Gasteiger partial charge in [-0.1, -0.05) is 35.4 Å². The van der Waals surface area contributed by atoms with Gasteiger partial charge < -0.3 is 10.1 Å². The maximum Gasteiger partial charge on any atom is 0.264 e. The molecule has 0 aliphatic rings. The maximum atomic E-state index is 13.4. The lowest BCUT2D eigenvalue weighted by atomic mass is 10.2. The van der Waals surface area contributed by atoms with Crippen LogP contribution < -0.4 is 14.4 Å². The van der Waals surface area contributed by atoms with Gasteiger partial charge in [0.05, 0.1) is 16.7 Å². The summed E-state index contributed by atoms with van der Waals surface area (Å²) in [5.41, 5.74) is 1.76. The normalized spacial score (nSPS) is 11.3. The summed E-state index contributed by atoms with van der Waals surface area (Å²) in [5.74, 6) is 0.193. The molecule has 0 radical (unpaired) electrons. The number of hydrogen-bond acceptors (Lipinski definition) is 4. The van der Waals surface area contributed by atoms with Gasteiger partial charge in [-0.25, -0.2) is 8.42 Å². The molecule has 0 fully saturated rings. The molecule has 32 heavy (non-hydrogen) atoms. The van der Waals surface area contributed by atoms with Gasteiger partial charge in [0.25, 0.3) is 10.0 Å². The summed E-state index contributed by atoms with van der Waals surface area (Å²) in [4.78, 5) is 12.9. The van der Waals surface area contributed by atoms with E-state index in [0.717, 1.165) is 9.87 Å². The molecule has 6 nitrogen and oxygen atoms in total. The molecule has 0 saturated carbocycles. The molecule has 0 saturated heterocycles. The van der Waals surface area contributed by atoms with Crippen molar-refractivity contribution in [1.29, 1.82) is 0 Å². The van der Waals surface area contributed by atoms with E-state index in [-0.39, 0.29) is 11.0 Å². The maximum absolute atomic E-state index is 13.4. The number of anilines is 2. The average molecular weight is 473 g/mol. The van der Waals surface area contributed by atoms with Gasteiger partial charge in [0.1, 0.15) is 12.3 Å². The van der Waals surface area contributed by atoms with Crippen molar-refractivity contribution < 1.29 is 17.9 Å². The highest BCUT2D eigenvalue weighted by Gasteiger charge is 2.27. The third-order valence-electron chi connectivity index (χ3n) is 4.50. The van der Waals surface area contributed by atoms with E-state index in [2.05, 4.69) is 5.32 Å². The lowest BCUT2D eigenvalue weighted by Gasteiger charge is -2.24. The van der Waals surface area contributed by atoms with Crippen molar-refractivity contribution in [3.05, 3.63) is 83.4 Å². The standard InChI is InChI=1S/C24H25ClN2O4S/c1-17(2)31-22-11-9-20(10-12-22)26-24(28)16-27(21-6-4-5-19(25)15-21)32(29,30)23-13-7-18(3)8-14-23/h4-15,17H,16H2,1-3H3,(H,26,28). The molecule has 1 amide bonds. The van der Waals surface area contributed by atoms with E-state index in [4.69, 9.17) is 16.3 Å². The quantitative estimate of drug-likeness (QED) is 0.484. The van der Waals surface area contributed by atoms with Gasteiger partial charge in [0, 0.05) is 10.7 Å². The van der Waals surface area contributed by atoms with E-state index in [1.165, 1.54) is 18.2 Å². The van der Waals surface area contributed by atoms with Crippen molar-refractivity contribution in [3.8, 4) is 5.75 Å². The van der Waals surface area contributed by atoms with Crippen LogP contribution >= 0.6 is 11.6 Å². The Kier molecular flexibility index (Phi) is 7.43. The Morgan fingerprint density at radius 3 is 2.28 bits per heavy atom. The molecule has 3 aromatic rings. The number of hydrogen-bond donors (Lipinski definition) is 1. The molecule has 3 aromatic carbocycles. The highest BCUT2D eigenvalue weighted by Crippen LogP contribution is 2.26. The van der Waals surface area contributed by atoms with Crippen molar-refractivity contribution >= 4 is 38.9 Å². The number of ether oxygens (including phenoxy) is 1. The summed E-state index contributed by atoms with van der Waals surface area (Å²) >= 11 is 6.09. The van der Waals surface area contributed by atoms with Gasteiger partial charge in [-0.15, -0.1) is 0 Å². The fourth-order valence-corrected chi connectivity index (χ4v) is 4.60. The van der Waals surface area contributed by atoms with E-state index in [1.807, 2.05) is 20.8 Å². The number of halogens is 1. The number of sulfonamides is 1. The first-order valence-electron chi connectivity index (χ1n) is 10.1. The van der Waals surface area contributed by atoms with Crippen LogP contribution in [0.3, 0.4) is 0 Å². The molecule has 0 heterocycles. The first kappa shape index (κ1) is 23.6. The van der Waals surface area contributed by atoms with Crippen LogP contribution in [-0.2, 0) is 14.8 Å². The van der Waals surface area contributed by atoms with Gasteiger partial charge in [0.15, 0.2) is 0 Å². The molecule has 168 valence electrons. The number of aryl methyl sites for hydroxylation is 1. The largest absolute Gasteiger partial charge is 0.491 e. The van der Waals surface area contributed by atoms with Gasteiger partial charge >= 0.3 is 0 Å². The second kappa shape index (κ2) is 10.1. The van der Waals surface area contributed by atoms with E-state index < -0.39 is 22.5 Å². The Bertz CT molecular complexity index is 1180. The van der Waals surface area contributed by atoms with Crippen LogP contribution in [0.25, 0.3) is 0 Å². The van der Waals surface area contributed by atoms with Crippen LogP contribution in [0.5, 0.6) is 5.75 Å². The van der Waals surface area contributed by atoms with E-state index >= 15 is 0 Å². The summed E-state index contributed by atoms with van der Waals surface area (Å²) in [6, 6.07) is 19.8. The molecule has 1 N–H and O–H groups in total. The van der Waals surface area contributed by atoms with Crippen LogP contribution in [0.4, 0.5) is 11.4 Å². The summed E-state index contributed by atoms with van der Waals surface area (Å²) < 4.78 is 33.4. The lowest BCUT2D eigenvalue weighted by molar-refractivity contribution is -0.114. The van der Waals surface area contributed by atoms with E-state index in [9.17, 15) is 13.2 Å². The Labute approximate surface area is 193 Å². The van der Waals surface area contributed by atoms with Gasteiger partial charge in [-0.05, 0) is 75.4 Å². The van der Waals surface area contributed by atoms with Gasteiger partial charge in [0.2, 0.25) is 5.91 Å². The highest BCUT2D eigenvalue weighted by molar-refractivity contribution is 7.92. The number of carbonyl (C=O) groups excluding carboxylic acids is 1. The van der Waals surface area contributed by atoms with E-state index in [1.54, 1.807) is 54.6 Å². The van der Waals surface area contributed by atoms with Gasteiger partial charge in [-0.2, -0.15) is 0 Å². The molecular weight excluding hydrogens is 448 g/mol. The van der Waals surface area contributed by atoms with Crippen molar-refractivity contribution in [2.75, 3.05) is 16.2 Å². The predicted octanol–water partition coefficient (Wildman–Crippen LogP) is 5.27. The minimum absolute atomic E-state index is 0.0358. The smallest absolute Gasteiger partial charge is 0.264 e. The zero-order valence-electron chi connectivity index (χ0n) is 18.1. The van der Waals surface area contributed by atoms with Crippen LogP contribution in [-0.4, -0.2) is 27.0 Å². The Hall–Kier alpha value is -3.03. The zero-order valence-corrected chi connectivity index (χ0v) is 19.7. The van der Waals surface area contributed by atoms with Crippen molar-refractivity contribution in [3.63, 3.8) is 0 Å². The molecule has 0 spiro atoms. The van der Waals surface area contributed by atoms with Crippen LogP contribution in [0.15, 0.2) is 77.7 Å². The van der Waals surface area contributed by atoms with Crippen molar-refractivity contribution in [2.24, 2.45) is 0 Å². The van der Waals surface area contributed by atoms with Gasteiger partial charge in [-0.3, -0.25) is 9.10 Å². The Balaban J connectivity index is 1.85. The monoisotopic (exact) mass is 472 g/mol. The second-order valence-electron chi connectivity index (χ2n) is 7.54. The lowest BCUT2D eigenvalue weighted by Crippen LogP contribution is -2.38. The topological polar surface area (TPSA) is 75.7 Å². The third-order valence-corrected chi connectivity index (χ3v) is 6.53.